The van der Waals surface area contributed by atoms with Crippen LogP contribution in [0.3, 0.4) is 0 Å². The van der Waals surface area contributed by atoms with E-state index in [4.69, 9.17) is 15.2 Å². The Kier molecular flexibility index (Phi) is 8.89. The van der Waals surface area contributed by atoms with Crippen molar-refractivity contribution < 1.29 is 19.1 Å². The second kappa shape index (κ2) is 9.30. The molecular formula is C11H21NO4S. The van der Waals surface area contributed by atoms with Gasteiger partial charge in [-0.1, -0.05) is 13.8 Å². The zero-order valence-corrected chi connectivity index (χ0v) is 11.4. The third kappa shape index (κ3) is 7.23. The van der Waals surface area contributed by atoms with Crippen LogP contribution >= 0.6 is 11.8 Å². The highest BCUT2D eigenvalue weighted by Crippen LogP contribution is 2.13. The first-order valence-corrected chi connectivity index (χ1v) is 6.77. The average molecular weight is 263 g/mol. The van der Waals surface area contributed by atoms with Crippen LogP contribution in [-0.4, -0.2) is 29.9 Å². The molecular weight excluding hydrogens is 242 g/mol. The molecule has 0 saturated carbocycles. The summed E-state index contributed by atoms with van der Waals surface area (Å²) in [5.74, 6) is 0.0402. The Labute approximate surface area is 106 Å². The van der Waals surface area contributed by atoms with Gasteiger partial charge >= 0.3 is 11.3 Å². The van der Waals surface area contributed by atoms with Gasteiger partial charge in [-0.3, -0.25) is 4.79 Å². The van der Waals surface area contributed by atoms with Crippen LogP contribution in [0, 0.1) is 5.92 Å². The maximum atomic E-state index is 11.6. The van der Waals surface area contributed by atoms with E-state index >= 15 is 0 Å². The van der Waals surface area contributed by atoms with Crippen LogP contribution in [0.1, 0.15) is 33.6 Å². The summed E-state index contributed by atoms with van der Waals surface area (Å²) in [6.07, 6.45) is 0.594. The Morgan fingerprint density at radius 3 is 2.29 bits per heavy atom. The topological polar surface area (TPSA) is 78.6 Å². The highest BCUT2D eigenvalue weighted by Gasteiger charge is 2.20. The molecule has 0 amide bonds. The molecule has 0 radical (unpaired) electrons. The van der Waals surface area contributed by atoms with E-state index in [1.54, 1.807) is 0 Å². The Hall–Kier alpha value is -0.750. The van der Waals surface area contributed by atoms with Gasteiger partial charge in [-0.05, 0) is 24.6 Å². The van der Waals surface area contributed by atoms with Crippen molar-refractivity contribution >= 4 is 23.0 Å². The molecule has 2 N–H and O–H groups in total. The second-order valence-electron chi connectivity index (χ2n) is 3.52. The largest absolute Gasteiger partial charge is 0.425 e. The maximum absolute atomic E-state index is 11.6. The molecule has 6 heteroatoms. The van der Waals surface area contributed by atoms with Gasteiger partial charge in [0, 0.05) is 19.2 Å². The quantitative estimate of drug-likeness (QED) is 0.560. The van der Waals surface area contributed by atoms with Crippen molar-refractivity contribution in [2.45, 2.75) is 39.9 Å². The number of carbonyl (C=O) groups excluding carboxylic acids is 2. The minimum atomic E-state index is -0.846. The first-order chi connectivity index (χ1) is 8.04. The molecule has 5 nitrogen and oxygen atoms in total. The molecule has 1 atom stereocenters. The molecule has 1 unspecified atom stereocenters. The van der Waals surface area contributed by atoms with E-state index in [2.05, 4.69) is 0 Å². The van der Waals surface area contributed by atoms with E-state index in [1.807, 2.05) is 13.8 Å². The van der Waals surface area contributed by atoms with Crippen molar-refractivity contribution in [2.75, 3.05) is 12.3 Å². The van der Waals surface area contributed by atoms with Crippen molar-refractivity contribution in [1.82, 2.24) is 0 Å². The standard InChI is InChI=1S/C11H21NO4S/c1-4-9(5-2)10(13)15-8(3)16-11(14)17-7-6-12/h8-9H,4-7,12H2,1-3H3. The first-order valence-electron chi connectivity index (χ1n) is 5.79. The molecule has 100 valence electrons. The first kappa shape index (κ1) is 16.2. The van der Waals surface area contributed by atoms with E-state index in [-0.39, 0.29) is 11.9 Å². The number of rotatable bonds is 7. The van der Waals surface area contributed by atoms with Gasteiger partial charge < -0.3 is 15.2 Å². The number of hydrogen-bond acceptors (Lipinski definition) is 6. The van der Waals surface area contributed by atoms with Crippen molar-refractivity contribution in [3.05, 3.63) is 0 Å². The van der Waals surface area contributed by atoms with Gasteiger partial charge in [-0.2, -0.15) is 0 Å². The Balaban J connectivity index is 3.95. The van der Waals surface area contributed by atoms with E-state index in [1.165, 1.54) is 6.92 Å². The van der Waals surface area contributed by atoms with Crippen molar-refractivity contribution in [2.24, 2.45) is 11.7 Å². The third-order valence-electron chi connectivity index (χ3n) is 2.20. The van der Waals surface area contributed by atoms with Gasteiger partial charge in [0.2, 0.25) is 6.29 Å². The van der Waals surface area contributed by atoms with Crippen molar-refractivity contribution in [3.63, 3.8) is 0 Å². The van der Waals surface area contributed by atoms with Crippen LogP contribution in [0.25, 0.3) is 0 Å². The van der Waals surface area contributed by atoms with Crippen LogP contribution < -0.4 is 5.73 Å². The summed E-state index contributed by atoms with van der Waals surface area (Å²) in [7, 11) is 0. The second-order valence-corrected chi connectivity index (χ2v) is 4.55. The number of thioether (sulfide) groups is 1. The van der Waals surface area contributed by atoms with E-state index in [0.29, 0.717) is 12.3 Å². The lowest BCUT2D eigenvalue weighted by Gasteiger charge is -2.17. The summed E-state index contributed by atoms with van der Waals surface area (Å²) in [5.41, 5.74) is 5.25. The summed E-state index contributed by atoms with van der Waals surface area (Å²) in [6.45, 7) is 5.77. The molecule has 0 aromatic carbocycles. The molecule has 0 aliphatic rings. The van der Waals surface area contributed by atoms with Crippen LogP contribution in [0.4, 0.5) is 4.79 Å². The van der Waals surface area contributed by atoms with Crippen molar-refractivity contribution in [3.8, 4) is 0 Å². The van der Waals surface area contributed by atoms with E-state index in [0.717, 1.165) is 24.6 Å². The molecule has 0 rings (SSSR count). The summed E-state index contributed by atoms with van der Waals surface area (Å²) in [6, 6.07) is 0. The monoisotopic (exact) mass is 263 g/mol. The number of hydrogen-bond donors (Lipinski definition) is 1. The maximum Gasteiger partial charge on any atom is 0.370 e. The summed E-state index contributed by atoms with van der Waals surface area (Å²) in [5, 5.41) is -0.472. The van der Waals surface area contributed by atoms with Gasteiger partial charge in [0.1, 0.15) is 0 Å². The van der Waals surface area contributed by atoms with Crippen LogP contribution in [0.2, 0.25) is 0 Å². The molecule has 0 spiro atoms. The highest BCUT2D eigenvalue weighted by molar-refractivity contribution is 8.13. The molecule has 0 bridgehead atoms. The molecule has 0 aliphatic carbocycles. The number of nitrogens with two attached hydrogens (primary N) is 1. The zero-order valence-electron chi connectivity index (χ0n) is 10.6. The number of carbonyl (C=O) groups is 2. The smallest absolute Gasteiger partial charge is 0.370 e. The molecule has 0 aliphatic heterocycles. The number of esters is 1. The molecule has 17 heavy (non-hydrogen) atoms. The van der Waals surface area contributed by atoms with Gasteiger partial charge in [0.25, 0.3) is 0 Å². The van der Waals surface area contributed by atoms with E-state index in [9.17, 15) is 9.59 Å². The predicted molar refractivity (Wildman–Crippen MR) is 67.6 cm³/mol. The molecule has 0 saturated heterocycles. The van der Waals surface area contributed by atoms with Crippen molar-refractivity contribution in [1.29, 1.82) is 0 Å². The lowest BCUT2D eigenvalue weighted by molar-refractivity contribution is -0.169. The van der Waals surface area contributed by atoms with Gasteiger partial charge in [-0.25, -0.2) is 4.79 Å². The minimum Gasteiger partial charge on any atom is -0.425 e. The fourth-order valence-electron chi connectivity index (χ4n) is 1.22. The Morgan fingerprint density at radius 1 is 1.24 bits per heavy atom. The lowest BCUT2D eigenvalue weighted by atomic mass is 10.0. The fourth-order valence-corrected chi connectivity index (χ4v) is 1.71. The van der Waals surface area contributed by atoms with Gasteiger partial charge in [-0.15, -0.1) is 0 Å². The predicted octanol–water partition coefficient (Wildman–Crippen LogP) is 2.14. The number of ether oxygens (including phenoxy) is 2. The van der Waals surface area contributed by atoms with E-state index < -0.39 is 11.6 Å². The molecule has 0 heterocycles. The summed E-state index contributed by atoms with van der Waals surface area (Å²) < 4.78 is 9.91. The molecule has 0 aromatic rings. The summed E-state index contributed by atoms with van der Waals surface area (Å²) >= 11 is 0.974. The third-order valence-corrected chi connectivity index (χ3v) is 2.97. The minimum absolute atomic E-state index is 0.132. The van der Waals surface area contributed by atoms with Gasteiger partial charge in [0.05, 0.1) is 5.92 Å². The van der Waals surface area contributed by atoms with Crippen LogP contribution in [0.5, 0.6) is 0 Å². The average Bonchev–Trinajstić information content (AvgIpc) is 2.27. The normalized spacial score (nSPS) is 12.3. The lowest BCUT2D eigenvalue weighted by Crippen LogP contribution is -2.25. The molecule has 0 fully saturated rings. The highest BCUT2D eigenvalue weighted by atomic mass is 32.2. The van der Waals surface area contributed by atoms with Crippen LogP contribution in [0.15, 0.2) is 0 Å². The Morgan fingerprint density at radius 2 is 1.82 bits per heavy atom. The van der Waals surface area contributed by atoms with Crippen LogP contribution in [-0.2, 0) is 14.3 Å². The summed E-state index contributed by atoms with van der Waals surface area (Å²) in [4.78, 5) is 22.8. The SMILES string of the molecule is CCC(CC)C(=O)OC(C)OC(=O)SCCN. The molecule has 0 aromatic heterocycles. The Bertz CT molecular complexity index is 244. The zero-order chi connectivity index (χ0) is 13.3. The fraction of sp³-hybridized carbons (Fsp3) is 0.818. The van der Waals surface area contributed by atoms with Gasteiger partial charge in [0.15, 0.2) is 0 Å².